The molecule has 1 aromatic rings. The topological polar surface area (TPSA) is 94.1 Å². The molecule has 2 N–H and O–H groups in total. The molecular weight excluding hydrogens is 406 g/mol. The van der Waals surface area contributed by atoms with Crippen molar-refractivity contribution in [1.82, 2.24) is 15.5 Å². The highest BCUT2D eigenvalue weighted by molar-refractivity contribution is 6.06. The van der Waals surface area contributed by atoms with Gasteiger partial charge in [-0.2, -0.15) is 0 Å². The normalized spacial score (nSPS) is 28.8. The summed E-state index contributed by atoms with van der Waals surface area (Å²) < 4.78 is 0. The number of aliphatic imine (C=N–C) groups is 1. The zero-order valence-electron chi connectivity index (χ0n) is 18.3. The zero-order chi connectivity index (χ0) is 22.2. The molecule has 4 unspecified atom stereocenters. The number of carbonyl (C=O) groups excluding carboxylic acids is 3. The molecule has 2 heterocycles. The van der Waals surface area contributed by atoms with Gasteiger partial charge in [0.05, 0.1) is 11.8 Å². The molecule has 3 fully saturated rings. The highest BCUT2D eigenvalue weighted by Gasteiger charge is 2.58. The lowest BCUT2D eigenvalue weighted by Crippen LogP contribution is -2.43. The fraction of sp³-hybridized carbons (Fsp3) is 0.500. The van der Waals surface area contributed by atoms with Crippen LogP contribution in [0.25, 0.3) is 0 Å². The Kier molecular flexibility index (Phi) is 5.45. The summed E-state index contributed by atoms with van der Waals surface area (Å²) in [6, 6.07) is 7.95. The van der Waals surface area contributed by atoms with Gasteiger partial charge in [0.25, 0.3) is 0 Å². The van der Waals surface area contributed by atoms with Crippen molar-refractivity contribution in [1.29, 1.82) is 0 Å². The third kappa shape index (κ3) is 3.57. The van der Waals surface area contributed by atoms with Crippen molar-refractivity contribution < 1.29 is 14.4 Å². The summed E-state index contributed by atoms with van der Waals surface area (Å²) in [6.45, 7) is 2.17. The number of nitrogens with zero attached hydrogens (tertiary/aromatic N) is 3. The minimum absolute atomic E-state index is 0.0156. The summed E-state index contributed by atoms with van der Waals surface area (Å²) >= 11 is 0. The molecule has 0 radical (unpaired) electrons. The van der Waals surface area contributed by atoms with Gasteiger partial charge in [0, 0.05) is 45.3 Å². The Labute approximate surface area is 187 Å². The Bertz CT molecular complexity index is 956. The van der Waals surface area contributed by atoms with Crippen molar-refractivity contribution >= 4 is 29.4 Å². The zero-order valence-corrected chi connectivity index (χ0v) is 18.3. The van der Waals surface area contributed by atoms with E-state index in [1.807, 2.05) is 29.2 Å². The third-order valence-electron chi connectivity index (χ3n) is 7.19. The number of likely N-dealkylation sites (tertiary alicyclic amines) is 1. The van der Waals surface area contributed by atoms with Crippen LogP contribution in [0.4, 0.5) is 5.69 Å². The highest BCUT2D eigenvalue weighted by atomic mass is 16.2. The van der Waals surface area contributed by atoms with Gasteiger partial charge in [0.2, 0.25) is 17.7 Å². The molecule has 2 aliphatic carbocycles. The minimum atomic E-state index is -0.145. The van der Waals surface area contributed by atoms with E-state index in [4.69, 9.17) is 0 Å². The van der Waals surface area contributed by atoms with Crippen molar-refractivity contribution in [3.05, 3.63) is 42.0 Å². The van der Waals surface area contributed by atoms with Gasteiger partial charge in [-0.1, -0.05) is 24.3 Å². The first-order valence-corrected chi connectivity index (χ1v) is 11.4. The number of guanidine groups is 1. The number of anilines is 1. The molecule has 1 saturated carbocycles. The number of hydrogen-bond acceptors (Lipinski definition) is 4. The fourth-order valence-electron chi connectivity index (χ4n) is 5.59. The summed E-state index contributed by atoms with van der Waals surface area (Å²) in [5.41, 5.74) is 2.01. The van der Waals surface area contributed by atoms with Crippen LogP contribution in [0.3, 0.4) is 0 Å². The van der Waals surface area contributed by atoms with Crippen molar-refractivity contribution in [3.63, 3.8) is 0 Å². The average molecular weight is 436 g/mol. The van der Waals surface area contributed by atoms with Crippen molar-refractivity contribution in [2.24, 2.45) is 28.7 Å². The first kappa shape index (κ1) is 20.7. The Balaban J connectivity index is 1.09. The number of hydrogen-bond donors (Lipinski definition) is 2. The molecule has 0 spiro atoms. The number of benzene rings is 1. The van der Waals surface area contributed by atoms with Crippen LogP contribution in [0.15, 0.2) is 41.4 Å². The molecule has 2 aliphatic heterocycles. The first-order chi connectivity index (χ1) is 15.6. The largest absolute Gasteiger partial charge is 0.355 e. The third-order valence-corrected chi connectivity index (χ3v) is 7.19. The molecule has 32 heavy (non-hydrogen) atoms. The van der Waals surface area contributed by atoms with Crippen LogP contribution in [-0.2, 0) is 20.9 Å². The lowest BCUT2D eigenvalue weighted by Gasteiger charge is -2.19. The van der Waals surface area contributed by atoms with Crippen molar-refractivity contribution in [3.8, 4) is 0 Å². The monoisotopic (exact) mass is 435 g/mol. The lowest BCUT2D eigenvalue weighted by atomic mass is 9.85. The standard InChI is InChI=1S/C24H29N5O3/c1-25-24(27-14-15-4-8-18(9-5-15)28-11-2-3-19(28)30)26-10-12-29-22(31)20-16-6-7-17(13-16)21(20)23(29)32/h4-9,16-17,20-21H,2-3,10-14H2,1H3,(H2,25,26,27). The van der Waals surface area contributed by atoms with Crippen LogP contribution in [0.2, 0.25) is 0 Å². The van der Waals surface area contributed by atoms with Crippen LogP contribution in [-0.4, -0.2) is 55.3 Å². The smallest absolute Gasteiger partial charge is 0.233 e. The SMILES string of the molecule is CN=C(NCCN1C(=O)C2C3C=CC(C3)C2C1=O)NCc1ccc(N2CCCC2=O)cc1. The van der Waals surface area contributed by atoms with Crippen LogP contribution < -0.4 is 15.5 Å². The lowest BCUT2D eigenvalue weighted by molar-refractivity contribution is -0.140. The Morgan fingerprint density at radius 2 is 1.72 bits per heavy atom. The van der Waals surface area contributed by atoms with E-state index in [0.717, 1.165) is 30.6 Å². The van der Waals surface area contributed by atoms with Crippen LogP contribution >= 0.6 is 0 Å². The molecule has 4 atom stereocenters. The van der Waals surface area contributed by atoms with Gasteiger partial charge >= 0.3 is 0 Å². The molecule has 2 bridgehead atoms. The van der Waals surface area contributed by atoms with Crippen LogP contribution in [0.5, 0.6) is 0 Å². The van der Waals surface area contributed by atoms with Crippen molar-refractivity contribution in [2.75, 3.05) is 31.6 Å². The molecule has 0 aromatic heterocycles. The summed E-state index contributed by atoms with van der Waals surface area (Å²) in [5, 5.41) is 6.45. The molecule has 8 heteroatoms. The summed E-state index contributed by atoms with van der Waals surface area (Å²) in [7, 11) is 1.69. The molecular formula is C24H29N5O3. The fourth-order valence-corrected chi connectivity index (χ4v) is 5.59. The van der Waals surface area contributed by atoms with Crippen LogP contribution in [0, 0.1) is 23.7 Å². The van der Waals surface area contributed by atoms with E-state index in [1.54, 1.807) is 7.05 Å². The van der Waals surface area contributed by atoms with E-state index in [-0.39, 0.29) is 41.4 Å². The molecule has 5 rings (SSSR count). The Hall–Kier alpha value is -3.16. The summed E-state index contributed by atoms with van der Waals surface area (Å²) in [6.07, 6.45) is 6.71. The Morgan fingerprint density at radius 1 is 1.03 bits per heavy atom. The minimum Gasteiger partial charge on any atom is -0.355 e. The maximum Gasteiger partial charge on any atom is 0.233 e. The first-order valence-electron chi connectivity index (χ1n) is 11.4. The van der Waals surface area contributed by atoms with E-state index in [9.17, 15) is 14.4 Å². The molecule has 4 aliphatic rings. The Morgan fingerprint density at radius 3 is 2.31 bits per heavy atom. The van der Waals surface area contributed by atoms with Gasteiger partial charge in [0.15, 0.2) is 5.96 Å². The van der Waals surface area contributed by atoms with Gasteiger partial charge < -0.3 is 15.5 Å². The molecule has 3 amide bonds. The summed E-state index contributed by atoms with van der Waals surface area (Å²) in [4.78, 5) is 44.9. The van der Waals surface area contributed by atoms with Gasteiger partial charge in [0.1, 0.15) is 0 Å². The molecule has 1 aromatic carbocycles. The summed E-state index contributed by atoms with van der Waals surface area (Å²) in [5.74, 6) is 0.958. The van der Waals surface area contributed by atoms with E-state index in [1.165, 1.54) is 4.90 Å². The molecule has 168 valence electrons. The van der Waals surface area contributed by atoms with E-state index >= 15 is 0 Å². The maximum absolute atomic E-state index is 12.8. The predicted molar refractivity (Wildman–Crippen MR) is 121 cm³/mol. The number of nitrogens with one attached hydrogen (secondary N) is 2. The predicted octanol–water partition coefficient (Wildman–Crippen LogP) is 1.29. The average Bonchev–Trinajstić information content (AvgIpc) is 3.57. The highest BCUT2D eigenvalue weighted by Crippen LogP contribution is 2.52. The molecule has 2 saturated heterocycles. The number of allylic oxidation sites excluding steroid dienone is 2. The second-order valence-electron chi connectivity index (χ2n) is 9.00. The molecule has 8 nitrogen and oxygen atoms in total. The second kappa shape index (κ2) is 8.41. The van der Waals surface area contributed by atoms with E-state index < -0.39 is 0 Å². The maximum atomic E-state index is 12.8. The number of carbonyl (C=O) groups is 3. The van der Waals surface area contributed by atoms with Crippen LogP contribution in [0.1, 0.15) is 24.8 Å². The van der Waals surface area contributed by atoms with Crippen molar-refractivity contribution in [2.45, 2.75) is 25.8 Å². The number of amides is 3. The quantitative estimate of drug-likeness (QED) is 0.304. The van der Waals surface area contributed by atoms with Gasteiger partial charge in [-0.3, -0.25) is 24.3 Å². The number of fused-ring (bicyclic) bond motifs is 5. The number of imide groups is 1. The van der Waals surface area contributed by atoms with Gasteiger partial charge in [-0.15, -0.1) is 0 Å². The number of rotatable bonds is 6. The van der Waals surface area contributed by atoms with E-state index in [0.29, 0.717) is 32.0 Å². The second-order valence-corrected chi connectivity index (χ2v) is 9.00. The van der Waals surface area contributed by atoms with Gasteiger partial charge in [-0.25, -0.2) is 0 Å². The van der Waals surface area contributed by atoms with Gasteiger partial charge in [-0.05, 0) is 42.4 Å². The van der Waals surface area contributed by atoms with E-state index in [2.05, 4.69) is 27.8 Å².